The number of primary amides is 1. The molecule has 0 aliphatic carbocycles. The SMILES string of the molecule is CC(C)C[C@@H](NC(=O)c1ccc(C(N)=O)o1)C(=O)O. The molecule has 19 heavy (non-hydrogen) atoms. The Morgan fingerprint density at radius 3 is 2.32 bits per heavy atom. The van der Waals surface area contributed by atoms with Crippen molar-refractivity contribution in [2.45, 2.75) is 26.3 Å². The zero-order chi connectivity index (χ0) is 14.6. The lowest BCUT2D eigenvalue weighted by Gasteiger charge is -2.15. The molecule has 1 rings (SSSR count). The normalized spacial score (nSPS) is 12.2. The number of hydrogen-bond acceptors (Lipinski definition) is 4. The van der Waals surface area contributed by atoms with Crippen molar-refractivity contribution in [3.05, 3.63) is 23.7 Å². The highest BCUT2D eigenvalue weighted by Gasteiger charge is 2.23. The topological polar surface area (TPSA) is 123 Å². The number of amides is 2. The average molecular weight is 268 g/mol. The Balaban J connectivity index is 2.75. The van der Waals surface area contributed by atoms with Gasteiger partial charge in [-0.1, -0.05) is 13.8 Å². The molecule has 0 fully saturated rings. The molecule has 0 saturated carbocycles. The third-order valence-electron chi connectivity index (χ3n) is 2.38. The van der Waals surface area contributed by atoms with E-state index in [1.807, 2.05) is 13.8 Å². The molecule has 0 aliphatic rings. The van der Waals surface area contributed by atoms with Gasteiger partial charge in [0.05, 0.1) is 0 Å². The second-order valence-corrected chi connectivity index (χ2v) is 4.52. The minimum atomic E-state index is -1.12. The smallest absolute Gasteiger partial charge is 0.326 e. The van der Waals surface area contributed by atoms with Crippen LogP contribution in [-0.4, -0.2) is 28.9 Å². The van der Waals surface area contributed by atoms with Gasteiger partial charge in [0.1, 0.15) is 6.04 Å². The molecule has 1 atom stereocenters. The van der Waals surface area contributed by atoms with Crippen molar-refractivity contribution in [2.75, 3.05) is 0 Å². The van der Waals surface area contributed by atoms with Crippen LogP contribution in [0.1, 0.15) is 41.4 Å². The van der Waals surface area contributed by atoms with Gasteiger partial charge in [0.25, 0.3) is 11.8 Å². The number of carbonyl (C=O) groups is 3. The van der Waals surface area contributed by atoms with Gasteiger partial charge in [0.2, 0.25) is 0 Å². The quantitative estimate of drug-likeness (QED) is 0.697. The van der Waals surface area contributed by atoms with E-state index in [0.29, 0.717) is 6.42 Å². The minimum absolute atomic E-state index is 0.110. The van der Waals surface area contributed by atoms with Crippen molar-refractivity contribution >= 4 is 17.8 Å². The van der Waals surface area contributed by atoms with Crippen LogP contribution in [0.15, 0.2) is 16.5 Å². The van der Waals surface area contributed by atoms with Gasteiger partial charge in [0.15, 0.2) is 11.5 Å². The lowest BCUT2D eigenvalue weighted by Crippen LogP contribution is -2.41. The van der Waals surface area contributed by atoms with Crippen molar-refractivity contribution in [2.24, 2.45) is 11.7 Å². The Morgan fingerprint density at radius 2 is 1.89 bits per heavy atom. The molecular weight excluding hydrogens is 252 g/mol. The maximum absolute atomic E-state index is 11.8. The van der Waals surface area contributed by atoms with Gasteiger partial charge in [-0.25, -0.2) is 4.79 Å². The number of carboxylic acid groups (broad SMARTS) is 1. The molecule has 104 valence electrons. The number of rotatable bonds is 6. The summed E-state index contributed by atoms with van der Waals surface area (Å²) in [5, 5.41) is 11.3. The standard InChI is InChI=1S/C12H16N2O5/c1-6(2)5-7(12(17)18)14-11(16)9-4-3-8(19-9)10(13)15/h3-4,6-7H,5H2,1-2H3,(H2,13,15)(H,14,16)(H,17,18)/t7-/m1/s1. The molecule has 1 heterocycles. The summed E-state index contributed by atoms with van der Waals surface area (Å²) in [4.78, 5) is 33.6. The highest BCUT2D eigenvalue weighted by atomic mass is 16.4. The zero-order valence-electron chi connectivity index (χ0n) is 10.7. The first-order chi connectivity index (χ1) is 8.81. The van der Waals surface area contributed by atoms with Crippen molar-refractivity contribution < 1.29 is 23.9 Å². The molecule has 0 radical (unpaired) electrons. The summed E-state index contributed by atoms with van der Waals surface area (Å²) in [6, 6.07) is 1.52. The molecule has 1 aromatic heterocycles. The van der Waals surface area contributed by atoms with Crippen molar-refractivity contribution in [3.8, 4) is 0 Å². The van der Waals surface area contributed by atoms with Crippen LogP contribution in [-0.2, 0) is 4.79 Å². The summed E-state index contributed by atoms with van der Waals surface area (Å²) in [6.07, 6.45) is 0.296. The molecule has 0 spiro atoms. The van der Waals surface area contributed by atoms with Crippen LogP contribution in [0.2, 0.25) is 0 Å². The third kappa shape index (κ3) is 4.13. The third-order valence-corrected chi connectivity index (χ3v) is 2.38. The van der Waals surface area contributed by atoms with E-state index < -0.39 is 23.8 Å². The average Bonchev–Trinajstić information content (AvgIpc) is 2.76. The Morgan fingerprint density at radius 1 is 1.32 bits per heavy atom. The highest BCUT2D eigenvalue weighted by molar-refractivity contribution is 5.96. The Hall–Kier alpha value is -2.31. The minimum Gasteiger partial charge on any atom is -0.480 e. The van der Waals surface area contributed by atoms with Crippen LogP contribution in [0, 0.1) is 5.92 Å². The molecule has 4 N–H and O–H groups in total. The molecule has 7 heteroatoms. The van der Waals surface area contributed by atoms with Crippen LogP contribution in [0.25, 0.3) is 0 Å². The van der Waals surface area contributed by atoms with E-state index in [2.05, 4.69) is 5.32 Å². The van der Waals surface area contributed by atoms with Crippen LogP contribution in [0.3, 0.4) is 0 Å². The summed E-state index contributed by atoms with van der Waals surface area (Å²) >= 11 is 0. The van der Waals surface area contributed by atoms with Gasteiger partial charge < -0.3 is 20.6 Å². The van der Waals surface area contributed by atoms with E-state index in [1.54, 1.807) is 0 Å². The van der Waals surface area contributed by atoms with Crippen molar-refractivity contribution in [1.29, 1.82) is 0 Å². The summed E-state index contributed by atoms with van der Waals surface area (Å²) in [6.45, 7) is 3.69. The predicted molar refractivity (Wildman–Crippen MR) is 65.6 cm³/mol. The second-order valence-electron chi connectivity index (χ2n) is 4.52. The molecular formula is C12H16N2O5. The number of aliphatic carboxylic acids is 1. The maximum atomic E-state index is 11.8. The molecule has 0 aliphatic heterocycles. The van der Waals surface area contributed by atoms with E-state index in [9.17, 15) is 14.4 Å². The number of carboxylic acids is 1. The number of hydrogen-bond donors (Lipinski definition) is 3. The number of furan rings is 1. The summed E-state index contributed by atoms with van der Waals surface area (Å²) < 4.78 is 4.91. The van der Waals surface area contributed by atoms with Gasteiger partial charge in [0, 0.05) is 0 Å². The summed E-state index contributed by atoms with van der Waals surface area (Å²) in [7, 11) is 0. The summed E-state index contributed by atoms with van der Waals surface area (Å²) in [5.41, 5.74) is 4.98. The van der Waals surface area contributed by atoms with Gasteiger partial charge in [-0.2, -0.15) is 0 Å². The number of nitrogens with one attached hydrogen (secondary N) is 1. The van der Waals surface area contributed by atoms with Crippen LogP contribution in [0.5, 0.6) is 0 Å². The fourth-order valence-corrected chi connectivity index (χ4v) is 1.51. The monoisotopic (exact) mass is 268 g/mol. The largest absolute Gasteiger partial charge is 0.480 e. The van der Waals surface area contributed by atoms with Crippen molar-refractivity contribution in [3.63, 3.8) is 0 Å². The van der Waals surface area contributed by atoms with E-state index >= 15 is 0 Å². The lowest BCUT2D eigenvalue weighted by molar-refractivity contribution is -0.139. The van der Waals surface area contributed by atoms with E-state index in [4.69, 9.17) is 15.3 Å². The molecule has 0 saturated heterocycles. The molecule has 2 amide bonds. The summed E-state index contributed by atoms with van der Waals surface area (Å²) in [5.74, 6) is -2.80. The van der Waals surface area contributed by atoms with Gasteiger partial charge in [-0.05, 0) is 24.5 Å². The van der Waals surface area contributed by atoms with Crippen LogP contribution in [0.4, 0.5) is 0 Å². The van der Waals surface area contributed by atoms with Crippen LogP contribution >= 0.6 is 0 Å². The first-order valence-corrected chi connectivity index (χ1v) is 5.74. The van der Waals surface area contributed by atoms with E-state index in [1.165, 1.54) is 12.1 Å². The van der Waals surface area contributed by atoms with Gasteiger partial charge >= 0.3 is 5.97 Å². The molecule has 0 unspecified atom stereocenters. The zero-order valence-corrected chi connectivity index (χ0v) is 10.7. The van der Waals surface area contributed by atoms with E-state index in [-0.39, 0.29) is 17.4 Å². The van der Waals surface area contributed by atoms with Crippen LogP contribution < -0.4 is 11.1 Å². The molecule has 1 aromatic rings. The Kier molecular flexibility index (Phi) is 4.68. The first-order valence-electron chi connectivity index (χ1n) is 5.74. The van der Waals surface area contributed by atoms with E-state index in [0.717, 1.165) is 0 Å². The first kappa shape index (κ1) is 14.7. The van der Waals surface area contributed by atoms with Gasteiger partial charge in [-0.15, -0.1) is 0 Å². The molecule has 0 aromatic carbocycles. The Bertz CT molecular complexity index is 492. The number of nitrogens with two attached hydrogens (primary N) is 1. The fraction of sp³-hybridized carbons (Fsp3) is 0.417. The molecule has 0 bridgehead atoms. The number of carbonyl (C=O) groups excluding carboxylic acids is 2. The molecule has 7 nitrogen and oxygen atoms in total. The van der Waals surface area contributed by atoms with Gasteiger partial charge in [-0.3, -0.25) is 9.59 Å². The van der Waals surface area contributed by atoms with Crippen molar-refractivity contribution in [1.82, 2.24) is 5.32 Å². The fourth-order valence-electron chi connectivity index (χ4n) is 1.51. The lowest BCUT2D eigenvalue weighted by atomic mass is 10.0. The highest BCUT2D eigenvalue weighted by Crippen LogP contribution is 2.09. The second kappa shape index (κ2) is 6.03. The maximum Gasteiger partial charge on any atom is 0.326 e. The predicted octanol–water partition coefficient (Wildman–Crippen LogP) is 0.608. The Labute approximate surface area is 109 Å².